The minimum Gasteiger partial charge on any atom is -0.488 e. The Morgan fingerprint density at radius 3 is 2.46 bits per heavy atom. The number of nitrogens with one attached hydrogen (secondary N) is 1. The van der Waals surface area contributed by atoms with E-state index in [0.717, 1.165) is 31.7 Å². The molecule has 0 aromatic heterocycles. The zero-order valence-electron chi connectivity index (χ0n) is 16.2. The minimum absolute atomic E-state index is 0.00896. The first-order chi connectivity index (χ1) is 13.7. The van der Waals surface area contributed by atoms with Crippen LogP contribution in [0.1, 0.15) is 19.3 Å². The van der Waals surface area contributed by atoms with E-state index in [0.29, 0.717) is 32.8 Å². The van der Waals surface area contributed by atoms with Crippen LogP contribution in [0, 0.1) is 5.92 Å². The molecule has 0 radical (unpaired) electrons. The van der Waals surface area contributed by atoms with Gasteiger partial charge in [-0.25, -0.2) is 0 Å². The SMILES string of the molecule is O=C(N[C@@H]1C[C@@H](Oc2ccccc2)[C@H](O)[C@H]1N1CCOCC1)C1CCOCC1. The lowest BCUT2D eigenvalue weighted by molar-refractivity contribution is -0.129. The molecule has 4 atom stereocenters. The van der Waals surface area contributed by atoms with Crippen molar-refractivity contribution in [3.63, 3.8) is 0 Å². The molecular formula is C21H30N2O5. The number of carbonyl (C=O) groups is 1. The number of aliphatic hydroxyl groups is 1. The Morgan fingerprint density at radius 2 is 1.75 bits per heavy atom. The van der Waals surface area contributed by atoms with E-state index in [1.807, 2.05) is 30.3 Å². The molecule has 154 valence electrons. The van der Waals surface area contributed by atoms with Gasteiger partial charge in [-0.3, -0.25) is 9.69 Å². The van der Waals surface area contributed by atoms with Crippen LogP contribution in [-0.2, 0) is 14.3 Å². The Morgan fingerprint density at radius 1 is 1.07 bits per heavy atom. The van der Waals surface area contributed by atoms with Gasteiger partial charge in [-0.1, -0.05) is 18.2 Å². The highest BCUT2D eigenvalue weighted by atomic mass is 16.5. The summed E-state index contributed by atoms with van der Waals surface area (Å²) in [4.78, 5) is 15.1. The third kappa shape index (κ3) is 4.49. The molecule has 2 saturated heterocycles. The van der Waals surface area contributed by atoms with Crippen LogP contribution in [0.2, 0.25) is 0 Å². The number of para-hydroxylation sites is 1. The number of amides is 1. The molecule has 3 fully saturated rings. The second-order valence-corrected chi connectivity index (χ2v) is 7.84. The fourth-order valence-electron chi connectivity index (χ4n) is 4.53. The summed E-state index contributed by atoms with van der Waals surface area (Å²) in [7, 11) is 0. The normalized spacial score (nSPS) is 32.2. The van der Waals surface area contributed by atoms with Crippen molar-refractivity contribution in [2.24, 2.45) is 5.92 Å². The molecule has 2 aliphatic heterocycles. The van der Waals surface area contributed by atoms with E-state index in [1.165, 1.54) is 0 Å². The summed E-state index contributed by atoms with van der Waals surface area (Å²) >= 11 is 0. The van der Waals surface area contributed by atoms with Crippen molar-refractivity contribution in [2.75, 3.05) is 39.5 Å². The second kappa shape index (κ2) is 9.22. The van der Waals surface area contributed by atoms with E-state index in [9.17, 15) is 9.90 Å². The van der Waals surface area contributed by atoms with Crippen molar-refractivity contribution < 1.29 is 24.1 Å². The van der Waals surface area contributed by atoms with E-state index in [-0.39, 0.29) is 30.0 Å². The molecule has 0 unspecified atom stereocenters. The van der Waals surface area contributed by atoms with E-state index in [1.54, 1.807) is 0 Å². The highest BCUT2D eigenvalue weighted by Crippen LogP contribution is 2.30. The molecule has 1 saturated carbocycles. The summed E-state index contributed by atoms with van der Waals surface area (Å²) in [5.41, 5.74) is 0. The Kier molecular flexibility index (Phi) is 6.47. The number of hydrogen-bond donors (Lipinski definition) is 2. The highest BCUT2D eigenvalue weighted by molar-refractivity contribution is 5.79. The predicted octanol–water partition coefficient (Wildman–Crippen LogP) is 0.811. The molecule has 0 spiro atoms. The molecular weight excluding hydrogens is 360 g/mol. The van der Waals surface area contributed by atoms with E-state index in [4.69, 9.17) is 14.2 Å². The van der Waals surface area contributed by atoms with Crippen molar-refractivity contribution in [3.8, 4) is 5.75 Å². The first kappa shape index (κ1) is 19.6. The van der Waals surface area contributed by atoms with Gasteiger partial charge in [0.05, 0.1) is 25.3 Å². The van der Waals surface area contributed by atoms with Crippen LogP contribution in [0.15, 0.2) is 30.3 Å². The maximum Gasteiger partial charge on any atom is 0.223 e. The molecule has 2 heterocycles. The third-order valence-corrected chi connectivity index (χ3v) is 6.05. The number of rotatable bonds is 5. The smallest absolute Gasteiger partial charge is 0.223 e. The number of morpholine rings is 1. The summed E-state index contributed by atoms with van der Waals surface area (Å²) < 4.78 is 16.9. The molecule has 1 aromatic carbocycles. The number of aliphatic hydroxyl groups excluding tert-OH is 1. The molecule has 7 heteroatoms. The lowest BCUT2D eigenvalue weighted by Crippen LogP contribution is -2.57. The van der Waals surface area contributed by atoms with Crippen LogP contribution >= 0.6 is 0 Å². The van der Waals surface area contributed by atoms with Gasteiger partial charge in [-0.15, -0.1) is 0 Å². The van der Waals surface area contributed by atoms with Gasteiger partial charge in [0.2, 0.25) is 5.91 Å². The average Bonchev–Trinajstić information content (AvgIpc) is 3.04. The lowest BCUT2D eigenvalue weighted by atomic mass is 9.98. The van der Waals surface area contributed by atoms with Crippen LogP contribution in [-0.4, -0.2) is 79.7 Å². The van der Waals surface area contributed by atoms with Gasteiger partial charge in [-0.2, -0.15) is 0 Å². The summed E-state index contributed by atoms with van der Waals surface area (Å²) in [5, 5.41) is 14.3. The Labute approximate surface area is 165 Å². The molecule has 0 bridgehead atoms. The minimum atomic E-state index is -0.668. The number of benzene rings is 1. The van der Waals surface area contributed by atoms with E-state index in [2.05, 4.69) is 10.2 Å². The number of ether oxygens (including phenoxy) is 3. The molecule has 3 aliphatic rings. The van der Waals surface area contributed by atoms with Crippen molar-refractivity contribution in [2.45, 2.75) is 43.6 Å². The van der Waals surface area contributed by atoms with Gasteiger partial charge >= 0.3 is 0 Å². The molecule has 28 heavy (non-hydrogen) atoms. The summed E-state index contributed by atoms with van der Waals surface area (Å²) in [5.74, 6) is 0.799. The molecule has 7 nitrogen and oxygen atoms in total. The van der Waals surface area contributed by atoms with Crippen LogP contribution in [0.3, 0.4) is 0 Å². The van der Waals surface area contributed by atoms with Gasteiger partial charge in [0.25, 0.3) is 0 Å². The fraction of sp³-hybridized carbons (Fsp3) is 0.667. The van der Waals surface area contributed by atoms with Crippen molar-refractivity contribution in [1.82, 2.24) is 10.2 Å². The van der Waals surface area contributed by atoms with Crippen LogP contribution < -0.4 is 10.1 Å². The van der Waals surface area contributed by atoms with Crippen LogP contribution in [0.25, 0.3) is 0 Å². The van der Waals surface area contributed by atoms with Gasteiger partial charge in [0.15, 0.2) is 0 Å². The Bertz CT molecular complexity index is 631. The van der Waals surface area contributed by atoms with Crippen molar-refractivity contribution in [1.29, 1.82) is 0 Å². The standard InChI is InChI=1S/C21H30N2O5/c24-20-18(28-16-4-2-1-3-5-16)14-17(19(20)23-8-12-27-13-9-23)22-21(25)15-6-10-26-11-7-15/h1-5,15,17-20,24H,6-14H2,(H,22,25)/t17-,18-,19+,20+/m1/s1. The third-order valence-electron chi connectivity index (χ3n) is 6.05. The molecule has 1 aromatic rings. The van der Waals surface area contributed by atoms with E-state index >= 15 is 0 Å². The number of carbonyl (C=O) groups excluding carboxylic acids is 1. The van der Waals surface area contributed by atoms with Gasteiger partial charge < -0.3 is 24.6 Å². The maximum absolute atomic E-state index is 12.8. The van der Waals surface area contributed by atoms with Gasteiger partial charge in [0, 0.05) is 38.6 Å². The summed E-state index contributed by atoms with van der Waals surface area (Å²) in [6.45, 7) is 4.07. The van der Waals surface area contributed by atoms with Gasteiger partial charge in [-0.05, 0) is 25.0 Å². The van der Waals surface area contributed by atoms with E-state index < -0.39 is 6.10 Å². The van der Waals surface area contributed by atoms with Crippen molar-refractivity contribution >= 4 is 5.91 Å². The highest BCUT2D eigenvalue weighted by Gasteiger charge is 2.48. The number of hydrogen-bond acceptors (Lipinski definition) is 6. The predicted molar refractivity (Wildman–Crippen MR) is 103 cm³/mol. The molecule has 1 amide bonds. The van der Waals surface area contributed by atoms with Crippen LogP contribution in [0.4, 0.5) is 0 Å². The Balaban J connectivity index is 1.47. The van der Waals surface area contributed by atoms with Crippen molar-refractivity contribution in [3.05, 3.63) is 30.3 Å². The molecule has 2 N–H and O–H groups in total. The topological polar surface area (TPSA) is 80.3 Å². The first-order valence-electron chi connectivity index (χ1n) is 10.3. The molecule has 4 rings (SSSR count). The summed E-state index contributed by atoms with van der Waals surface area (Å²) in [6.07, 6.45) is 1.08. The fourth-order valence-corrected chi connectivity index (χ4v) is 4.53. The summed E-state index contributed by atoms with van der Waals surface area (Å²) in [6, 6.07) is 9.25. The average molecular weight is 390 g/mol. The lowest BCUT2D eigenvalue weighted by Gasteiger charge is -2.37. The maximum atomic E-state index is 12.8. The Hall–Kier alpha value is -1.67. The second-order valence-electron chi connectivity index (χ2n) is 7.84. The van der Waals surface area contributed by atoms with Gasteiger partial charge in [0.1, 0.15) is 18.0 Å². The zero-order valence-corrected chi connectivity index (χ0v) is 16.2. The first-order valence-corrected chi connectivity index (χ1v) is 10.3. The largest absolute Gasteiger partial charge is 0.488 e. The molecule has 1 aliphatic carbocycles. The quantitative estimate of drug-likeness (QED) is 0.775. The zero-order chi connectivity index (χ0) is 19.3. The monoisotopic (exact) mass is 390 g/mol. The number of nitrogens with zero attached hydrogens (tertiary/aromatic N) is 1. The van der Waals surface area contributed by atoms with Crippen LogP contribution in [0.5, 0.6) is 5.75 Å².